The first-order valence-corrected chi connectivity index (χ1v) is 12.1. The second-order valence-electron chi connectivity index (χ2n) is 8.38. The molecule has 4 rings (SSSR count). The molecule has 0 spiro atoms. The molecule has 1 heterocycles. The number of carboxylic acid groups (broad SMARTS) is 1. The summed E-state index contributed by atoms with van der Waals surface area (Å²) in [6, 6.07) is 22.2. The number of nitrogens with one attached hydrogen (secondary N) is 1. The summed E-state index contributed by atoms with van der Waals surface area (Å²) >= 11 is 6.11. The molecule has 11 heteroatoms. The molecule has 10 nitrogen and oxygen atoms in total. The smallest absolute Gasteiger partial charge is 0.323 e. The maximum Gasteiger partial charge on any atom is 0.323 e. The molecule has 6 N–H and O–H groups in total. The van der Waals surface area contributed by atoms with Crippen LogP contribution in [0.5, 0.6) is 0 Å². The molecule has 0 unspecified atom stereocenters. The molecule has 198 valence electrons. The first-order chi connectivity index (χ1) is 18.2. The number of carbonyl (C=O) groups is 3. The SMILES string of the molecule is N=C(N)c1cccc(C(=O)N(CC(=O)O)c2ccccc2)c1.NC(=O)N1CCN(c2ccccc2Cl)CC1. The van der Waals surface area contributed by atoms with Gasteiger partial charge in [-0.3, -0.25) is 19.9 Å². The highest BCUT2D eigenvalue weighted by Gasteiger charge is 2.21. The third kappa shape index (κ3) is 7.47. The lowest BCUT2D eigenvalue weighted by Gasteiger charge is -2.35. The molecule has 3 aromatic carbocycles. The molecule has 0 atom stereocenters. The van der Waals surface area contributed by atoms with Gasteiger partial charge in [0.05, 0.1) is 10.7 Å². The van der Waals surface area contributed by atoms with Crippen molar-refractivity contribution in [3.05, 3.63) is 95.0 Å². The van der Waals surface area contributed by atoms with E-state index in [-0.39, 0.29) is 17.4 Å². The fourth-order valence-electron chi connectivity index (χ4n) is 3.88. The van der Waals surface area contributed by atoms with Crippen molar-refractivity contribution in [3.63, 3.8) is 0 Å². The van der Waals surface area contributed by atoms with Crippen LogP contribution in [-0.4, -0.2) is 66.5 Å². The lowest BCUT2D eigenvalue weighted by molar-refractivity contribution is -0.135. The summed E-state index contributed by atoms with van der Waals surface area (Å²) in [6.07, 6.45) is 0. The van der Waals surface area contributed by atoms with Gasteiger partial charge in [-0.15, -0.1) is 0 Å². The van der Waals surface area contributed by atoms with E-state index in [4.69, 9.17) is 33.6 Å². The number of nitrogens with zero attached hydrogens (tertiary/aromatic N) is 3. The topological polar surface area (TPSA) is 157 Å². The number of anilines is 2. The zero-order valence-corrected chi connectivity index (χ0v) is 21.3. The zero-order chi connectivity index (χ0) is 27.7. The number of piperazine rings is 1. The second-order valence-corrected chi connectivity index (χ2v) is 8.79. The van der Waals surface area contributed by atoms with E-state index >= 15 is 0 Å². The number of aliphatic carboxylic acids is 1. The molecule has 3 amide bonds. The average Bonchev–Trinajstić information content (AvgIpc) is 2.92. The van der Waals surface area contributed by atoms with Crippen molar-refractivity contribution >= 4 is 46.7 Å². The van der Waals surface area contributed by atoms with Gasteiger partial charge >= 0.3 is 12.0 Å². The molecule has 0 aromatic heterocycles. The maximum absolute atomic E-state index is 12.6. The highest BCUT2D eigenvalue weighted by atomic mass is 35.5. The summed E-state index contributed by atoms with van der Waals surface area (Å²) in [4.78, 5) is 39.6. The number of hydrogen-bond donors (Lipinski definition) is 4. The molecule has 1 aliphatic rings. The number of nitrogens with two attached hydrogens (primary N) is 2. The van der Waals surface area contributed by atoms with Crippen LogP contribution in [0.15, 0.2) is 78.9 Å². The van der Waals surface area contributed by atoms with Gasteiger partial charge in [-0.2, -0.15) is 0 Å². The van der Waals surface area contributed by atoms with Gasteiger partial charge in [0.2, 0.25) is 0 Å². The number of urea groups is 1. The summed E-state index contributed by atoms with van der Waals surface area (Å²) in [5, 5.41) is 17.2. The standard InChI is InChI=1S/C16H15N3O3.C11H14ClN3O/c17-15(18)11-5-4-6-12(9-11)16(22)19(10-14(20)21)13-7-2-1-3-8-13;12-9-3-1-2-4-10(9)14-5-7-15(8-6-14)11(13)16/h1-9H,10H2,(H3,17,18)(H,20,21);1-4H,5-8H2,(H2,13,16). The summed E-state index contributed by atoms with van der Waals surface area (Å²) in [7, 11) is 0. The average molecular weight is 537 g/mol. The quantitative estimate of drug-likeness (QED) is 0.280. The van der Waals surface area contributed by atoms with Crippen molar-refractivity contribution in [3.8, 4) is 0 Å². The Kier molecular flexibility index (Phi) is 9.66. The Morgan fingerprint density at radius 3 is 2.05 bits per heavy atom. The van der Waals surface area contributed by atoms with Crippen molar-refractivity contribution in [1.29, 1.82) is 5.41 Å². The number of carboxylic acids is 1. The van der Waals surface area contributed by atoms with Crippen LogP contribution in [0, 0.1) is 5.41 Å². The molecule has 38 heavy (non-hydrogen) atoms. The summed E-state index contributed by atoms with van der Waals surface area (Å²) < 4.78 is 0. The molecule has 1 saturated heterocycles. The summed E-state index contributed by atoms with van der Waals surface area (Å²) in [5.74, 6) is -1.73. The van der Waals surface area contributed by atoms with Crippen molar-refractivity contribution in [2.24, 2.45) is 11.5 Å². The van der Waals surface area contributed by atoms with E-state index in [2.05, 4.69) is 4.90 Å². The predicted molar refractivity (Wildman–Crippen MR) is 148 cm³/mol. The molecule has 0 radical (unpaired) electrons. The predicted octanol–water partition coefficient (Wildman–Crippen LogP) is 3.24. The van der Waals surface area contributed by atoms with E-state index in [1.165, 1.54) is 11.0 Å². The highest BCUT2D eigenvalue weighted by Crippen LogP contribution is 2.26. The molecule has 0 aliphatic carbocycles. The Morgan fingerprint density at radius 1 is 0.868 bits per heavy atom. The van der Waals surface area contributed by atoms with Crippen molar-refractivity contribution in [2.75, 3.05) is 42.5 Å². The minimum atomic E-state index is -1.11. The number of benzene rings is 3. The van der Waals surface area contributed by atoms with Gasteiger partial charge in [-0.25, -0.2) is 4.79 Å². The molecule has 3 aromatic rings. The van der Waals surface area contributed by atoms with Gasteiger partial charge in [0, 0.05) is 43.0 Å². The fraction of sp³-hybridized carbons (Fsp3) is 0.185. The lowest BCUT2D eigenvalue weighted by Crippen LogP contribution is -2.50. The van der Waals surface area contributed by atoms with Crippen LogP contribution >= 0.6 is 11.6 Å². The Morgan fingerprint density at radius 2 is 1.47 bits per heavy atom. The number of hydrogen-bond acceptors (Lipinski definition) is 5. The van der Waals surface area contributed by atoms with Crippen molar-refractivity contribution in [2.45, 2.75) is 0 Å². The van der Waals surface area contributed by atoms with Crippen LogP contribution in [0.3, 0.4) is 0 Å². The van der Waals surface area contributed by atoms with Gasteiger partial charge in [0.1, 0.15) is 12.4 Å². The maximum atomic E-state index is 12.6. The van der Waals surface area contributed by atoms with Crippen LogP contribution in [-0.2, 0) is 4.79 Å². The van der Waals surface area contributed by atoms with Crippen LogP contribution in [0.1, 0.15) is 15.9 Å². The Balaban J connectivity index is 0.000000221. The molecular formula is C27H29ClN6O4. The molecule has 0 bridgehead atoms. The van der Waals surface area contributed by atoms with Gasteiger partial charge in [-0.1, -0.05) is 54.1 Å². The van der Waals surface area contributed by atoms with Gasteiger partial charge in [0.15, 0.2) is 0 Å². The van der Waals surface area contributed by atoms with E-state index in [0.29, 0.717) is 24.3 Å². The van der Waals surface area contributed by atoms with E-state index in [0.717, 1.165) is 23.8 Å². The molecule has 0 saturated carbocycles. The van der Waals surface area contributed by atoms with E-state index in [1.54, 1.807) is 53.4 Å². The third-order valence-electron chi connectivity index (χ3n) is 5.81. The number of amides is 3. The highest BCUT2D eigenvalue weighted by molar-refractivity contribution is 6.33. The van der Waals surface area contributed by atoms with Gasteiger partial charge in [0.25, 0.3) is 5.91 Å². The summed E-state index contributed by atoms with van der Waals surface area (Å²) in [6.45, 7) is 2.40. The zero-order valence-electron chi connectivity index (χ0n) is 20.6. The second kappa shape index (κ2) is 13.1. The number of primary amides is 1. The minimum absolute atomic E-state index is 0.154. The van der Waals surface area contributed by atoms with Crippen molar-refractivity contribution < 1.29 is 19.5 Å². The largest absolute Gasteiger partial charge is 0.480 e. The number of nitrogen functional groups attached to an aromatic ring is 1. The monoisotopic (exact) mass is 536 g/mol. The molecule has 1 fully saturated rings. The molecule has 1 aliphatic heterocycles. The van der Waals surface area contributed by atoms with E-state index in [9.17, 15) is 14.4 Å². The van der Waals surface area contributed by atoms with E-state index in [1.807, 2.05) is 24.3 Å². The van der Waals surface area contributed by atoms with E-state index < -0.39 is 18.4 Å². The fourth-order valence-corrected chi connectivity index (χ4v) is 4.13. The van der Waals surface area contributed by atoms with Gasteiger partial charge < -0.3 is 26.4 Å². The first-order valence-electron chi connectivity index (χ1n) is 11.7. The van der Waals surface area contributed by atoms with Gasteiger partial charge in [-0.05, 0) is 36.4 Å². The Labute approximate surface area is 225 Å². The van der Waals surface area contributed by atoms with Crippen LogP contribution in [0.25, 0.3) is 0 Å². The number of rotatable bonds is 6. The van der Waals surface area contributed by atoms with Crippen LogP contribution in [0.4, 0.5) is 16.2 Å². The summed E-state index contributed by atoms with van der Waals surface area (Å²) in [5.41, 5.74) is 12.8. The molecular weight excluding hydrogens is 508 g/mol. The Bertz CT molecular complexity index is 1300. The minimum Gasteiger partial charge on any atom is -0.480 e. The first kappa shape index (κ1) is 28.0. The van der Waals surface area contributed by atoms with Crippen molar-refractivity contribution in [1.82, 2.24) is 4.90 Å². The van der Waals surface area contributed by atoms with Crippen LogP contribution in [0.2, 0.25) is 5.02 Å². The Hall–Kier alpha value is -4.57. The number of halogens is 1. The number of para-hydroxylation sites is 2. The van der Waals surface area contributed by atoms with Crippen LogP contribution < -0.4 is 21.3 Å². The number of amidine groups is 1. The normalized spacial score (nSPS) is 12.7. The lowest BCUT2D eigenvalue weighted by atomic mass is 10.1. The third-order valence-corrected chi connectivity index (χ3v) is 6.13. The number of carbonyl (C=O) groups excluding carboxylic acids is 2.